The predicted molar refractivity (Wildman–Crippen MR) is 81.5 cm³/mol. The van der Waals surface area contributed by atoms with Gasteiger partial charge in [-0.15, -0.1) is 0 Å². The van der Waals surface area contributed by atoms with Gasteiger partial charge in [-0.2, -0.15) is 0 Å². The minimum Gasteiger partial charge on any atom is -0.336 e. The lowest BCUT2D eigenvalue weighted by Crippen LogP contribution is -2.42. The second-order valence-corrected chi connectivity index (χ2v) is 5.44. The fourth-order valence-corrected chi connectivity index (χ4v) is 2.70. The Kier molecular flexibility index (Phi) is 4.81. The number of piperidine rings is 1. The summed E-state index contributed by atoms with van der Waals surface area (Å²) in [6.45, 7) is 5.31. The van der Waals surface area contributed by atoms with Crippen LogP contribution in [0.15, 0.2) is 18.2 Å². The minimum absolute atomic E-state index is 0.122. The molecular weight excluding hydrogens is 248 g/mol. The molecule has 20 heavy (non-hydrogen) atoms. The lowest BCUT2D eigenvalue weighted by Gasteiger charge is -2.33. The van der Waals surface area contributed by atoms with Crippen LogP contribution in [0.1, 0.15) is 47.7 Å². The highest BCUT2D eigenvalue weighted by atomic mass is 16.2. The summed E-state index contributed by atoms with van der Waals surface area (Å²) in [6, 6.07) is 6.13. The van der Waals surface area contributed by atoms with Crippen molar-refractivity contribution in [3.8, 4) is 11.8 Å². The molecule has 3 nitrogen and oxygen atoms in total. The van der Waals surface area contributed by atoms with Crippen molar-refractivity contribution in [2.75, 3.05) is 13.1 Å². The Morgan fingerprint density at radius 1 is 1.40 bits per heavy atom. The highest BCUT2D eigenvalue weighted by molar-refractivity contribution is 5.95. The molecule has 2 rings (SSSR count). The molecule has 1 aromatic carbocycles. The third-order valence-electron chi connectivity index (χ3n) is 3.72. The van der Waals surface area contributed by atoms with Crippen molar-refractivity contribution in [2.45, 2.75) is 39.2 Å². The van der Waals surface area contributed by atoms with Crippen molar-refractivity contribution in [3.63, 3.8) is 0 Å². The normalized spacial score (nSPS) is 18.4. The quantitative estimate of drug-likeness (QED) is 0.796. The van der Waals surface area contributed by atoms with E-state index in [9.17, 15) is 4.79 Å². The highest BCUT2D eigenvalue weighted by Crippen LogP contribution is 2.20. The molecule has 3 heteroatoms. The Balaban J connectivity index is 2.27. The van der Waals surface area contributed by atoms with Crippen molar-refractivity contribution in [1.82, 2.24) is 4.90 Å². The van der Waals surface area contributed by atoms with Crippen molar-refractivity contribution >= 4 is 5.91 Å². The van der Waals surface area contributed by atoms with E-state index in [1.807, 2.05) is 30.0 Å². The molecule has 0 aromatic heterocycles. The van der Waals surface area contributed by atoms with Crippen LogP contribution in [-0.4, -0.2) is 29.9 Å². The van der Waals surface area contributed by atoms with Gasteiger partial charge in [-0.1, -0.05) is 11.8 Å². The number of benzene rings is 1. The molecule has 1 aliphatic rings. The summed E-state index contributed by atoms with van der Waals surface area (Å²) < 4.78 is 0. The van der Waals surface area contributed by atoms with Crippen LogP contribution < -0.4 is 5.73 Å². The number of carbonyl (C=O) groups excluding carboxylic acids is 1. The van der Waals surface area contributed by atoms with Crippen molar-refractivity contribution < 1.29 is 4.79 Å². The van der Waals surface area contributed by atoms with Gasteiger partial charge in [0.15, 0.2) is 0 Å². The zero-order valence-corrected chi connectivity index (χ0v) is 12.3. The molecule has 1 heterocycles. The number of nitrogens with two attached hydrogens (primary N) is 1. The lowest BCUT2D eigenvalue weighted by molar-refractivity contribution is 0.0635. The van der Waals surface area contributed by atoms with Crippen LogP contribution in [0.5, 0.6) is 0 Å². The van der Waals surface area contributed by atoms with Gasteiger partial charge < -0.3 is 10.6 Å². The van der Waals surface area contributed by atoms with E-state index < -0.39 is 0 Å². The number of nitrogens with zero attached hydrogens (tertiary/aromatic N) is 1. The summed E-state index contributed by atoms with van der Waals surface area (Å²) in [7, 11) is 0. The van der Waals surface area contributed by atoms with Crippen LogP contribution in [0.2, 0.25) is 0 Å². The lowest BCUT2D eigenvalue weighted by atomic mass is 10.0. The van der Waals surface area contributed by atoms with Gasteiger partial charge in [0, 0.05) is 23.7 Å². The van der Waals surface area contributed by atoms with Crippen LogP contribution in [-0.2, 0) is 0 Å². The monoisotopic (exact) mass is 270 g/mol. The highest BCUT2D eigenvalue weighted by Gasteiger charge is 2.24. The first kappa shape index (κ1) is 14.6. The van der Waals surface area contributed by atoms with Crippen LogP contribution >= 0.6 is 0 Å². The fourth-order valence-electron chi connectivity index (χ4n) is 2.70. The van der Waals surface area contributed by atoms with Gasteiger partial charge in [0.25, 0.3) is 5.91 Å². The van der Waals surface area contributed by atoms with E-state index in [2.05, 4.69) is 18.8 Å². The second-order valence-electron chi connectivity index (χ2n) is 5.44. The molecule has 0 bridgehead atoms. The fraction of sp³-hybridized carbons (Fsp3) is 0.471. The Morgan fingerprint density at radius 3 is 2.90 bits per heavy atom. The average molecular weight is 270 g/mol. The number of likely N-dealkylation sites (tertiary alicyclic amines) is 1. The van der Waals surface area contributed by atoms with E-state index in [1.165, 1.54) is 6.42 Å². The summed E-state index contributed by atoms with van der Waals surface area (Å²) in [5.41, 5.74) is 8.06. The zero-order chi connectivity index (χ0) is 14.5. The molecule has 0 saturated carbocycles. The average Bonchev–Trinajstić information content (AvgIpc) is 2.44. The molecule has 1 fully saturated rings. The number of aryl methyl sites for hydroxylation is 1. The molecule has 2 N–H and O–H groups in total. The van der Waals surface area contributed by atoms with Crippen molar-refractivity contribution in [2.24, 2.45) is 5.73 Å². The maximum absolute atomic E-state index is 12.6. The maximum atomic E-state index is 12.6. The van der Waals surface area contributed by atoms with Crippen LogP contribution in [0.4, 0.5) is 0 Å². The minimum atomic E-state index is 0.122. The molecular formula is C17H22N2O. The molecule has 1 amide bonds. The van der Waals surface area contributed by atoms with Gasteiger partial charge in [0.05, 0.1) is 6.54 Å². The number of hydrogen-bond donors (Lipinski definition) is 1. The number of hydrogen-bond acceptors (Lipinski definition) is 2. The SMILES string of the molecule is Cc1cc(C#CCN)cc(C(=O)N2CCCCC2C)c1. The third-order valence-corrected chi connectivity index (χ3v) is 3.72. The molecule has 1 aliphatic heterocycles. The molecule has 0 spiro atoms. The van der Waals surface area contributed by atoms with Gasteiger partial charge in [-0.25, -0.2) is 0 Å². The summed E-state index contributed by atoms with van der Waals surface area (Å²) >= 11 is 0. The summed E-state index contributed by atoms with van der Waals surface area (Å²) in [4.78, 5) is 14.6. The summed E-state index contributed by atoms with van der Waals surface area (Å²) in [5.74, 6) is 5.97. The first-order valence-corrected chi connectivity index (χ1v) is 7.23. The molecule has 1 saturated heterocycles. The van der Waals surface area contributed by atoms with Crippen molar-refractivity contribution in [1.29, 1.82) is 0 Å². The third kappa shape index (κ3) is 3.40. The molecule has 0 aliphatic carbocycles. The van der Waals surface area contributed by atoms with E-state index >= 15 is 0 Å². The number of carbonyl (C=O) groups is 1. The largest absolute Gasteiger partial charge is 0.336 e. The Bertz CT molecular complexity index is 554. The smallest absolute Gasteiger partial charge is 0.254 e. The van der Waals surface area contributed by atoms with Gasteiger partial charge in [-0.3, -0.25) is 4.79 Å². The van der Waals surface area contributed by atoms with Crippen LogP contribution in [0, 0.1) is 18.8 Å². The van der Waals surface area contributed by atoms with Crippen LogP contribution in [0.3, 0.4) is 0 Å². The van der Waals surface area contributed by atoms with E-state index in [4.69, 9.17) is 5.73 Å². The maximum Gasteiger partial charge on any atom is 0.254 e. The topological polar surface area (TPSA) is 46.3 Å². The molecule has 106 valence electrons. The summed E-state index contributed by atoms with van der Waals surface area (Å²) in [5, 5.41) is 0. The first-order valence-electron chi connectivity index (χ1n) is 7.23. The Hall–Kier alpha value is -1.79. The van der Waals surface area contributed by atoms with Gasteiger partial charge in [0.2, 0.25) is 0 Å². The van der Waals surface area contributed by atoms with E-state index in [0.717, 1.165) is 36.1 Å². The Morgan fingerprint density at radius 2 is 2.20 bits per heavy atom. The Labute approximate surface area is 121 Å². The predicted octanol–water partition coefficient (Wildman–Crippen LogP) is 2.32. The molecule has 0 radical (unpaired) electrons. The zero-order valence-electron chi connectivity index (χ0n) is 12.3. The molecule has 1 aromatic rings. The van der Waals surface area contributed by atoms with E-state index in [0.29, 0.717) is 12.6 Å². The van der Waals surface area contributed by atoms with E-state index in [-0.39, 0.29) is 5.91 Å². The van der Waals surface area contributed by atoms with Gasteiger partial charge >= 0.3 is 0 Å². The molecule has 1 unspecified atom stereocenters. The van der Waals surface area contributed by atoms with Crippen molar-refractivity contribution in [3.05, 3.63) is 34.9 Å². The van der Waals surface area contributed by atoms with Crippen LogP contribution in [0.25, 0.3) is 0 Å². The van der Waals surface area contributed by atoms with Gasteiger partial charge in [-0.05, 0) is 56.9 Å². The first-order chi connectivity index (χ1) is 9.61. The van der Waals surface area contributed by atoms with E-state index in [1.54, 1.807) is 0 Å². The number of amides is 1. The van der Waals surface area contributed by atoms with Gasteiger partial charge in [0.1, 0.15) is 0 Å². The standard InChI is InChI=1S/C17H22N2O/c1-13-10-15(7-5-8-18)12-16(11-13)17(20)19-9-4-3-6-14(19)2/h10-12,14H,3-4,6,8-9,18H2,1-2H3. The number of rotatable bonds is 1. The molecule has 1 atom stereocenters. The summed E-state index contributed by atoms with van der Waals surface area (Å²) in [6.07, 6.45) is 3.41. The second kappa shape index (κ2) is 6.58.